The standard InChI is InChI=1S/C24H18ClFN2O3/c25-19-6-2-1-5-17(19)13-22-24(30)28(20-7-3-4-8-21(20)31-22)15-23(29)27-14-16-9-11-18(26)12-10-16/h1-13H,14-15H2,(H,27,29). The number of carbonyl (C=O) groups excluding carboxylic acids is 2. The van der Waals surface area contributed by atoms with Gasteiger partial charge in [0.05, 0.1) is 5.69 Å². The molecular weight excluding hydrogens is 419 g/mol. The molecule has 0 saturated heterocycles. The summed E-state index contributed by atoms with van der Waals surface area (Å²) in [4.78, 5) is 27.0. The molecule has 0 radical (unpaired) electrons. The lowest BCUT2D eigenvalue weighted by molar-refractivity contribution is -0.123. The summed E-state index contributed by atoms with van der Waals surface area (Å²) in [5.41, 5.74) is 1.89. The van der Waals surface area contributed by atoms with Gasteiger partial charge in [0.25, 0.3) is 5.91 Å². The number of carbonyl (C=O) groups is 2. The first-order valence-corrected chi connectivity index (χ1v) is 9.95. The molecule has 0 spiro atoms. The van der Waals surface area contributed by atoms with Crippen LogP contribution in [-0.2, 0) is 16.1 Å². The van der Waals surface area contributed by atoms with E-state index in [4.69, 9.17) is 16.3 Å². The fourth-order valence-electron chi connectivity index (χ4n) is 3.15. The topological polar surface area (TPSA) is 58.6 Å². The first-order chi connectivity index (χ1) is 15.0. The van der Waals surface area contributed by atoms with Crippen molar-refractivity contribution >= 4 is 35.2 Å². The predicted octanol–water partition coefficient (Wildman–Crippen LogP) is 4.56. The average molecular weight is 437 g/mol. The van der Waals surface area contributed by atoms with Crippen LogP contribution in [0.2, 0.25) is 5.02 Å². The number of halogens is 2. The molecule has 156 valence electrons. The Morgan fingerprint density at radius 2 is 1.74 bits per heavy atom. The zero-order valence-electron chi connectivity index (χ0n) is 16.3. The molecule has 0 atom stereocenters. The molecule has 7 heteroatoms. The third-order valence-electron chi connectivity index (χ3n) is 4.73. The summed E-state index contributed by atoms with van der Waals surface area (Å²) in [6.07, 6.45) is 1.56. The summed E-state index contributed by atoms with van der Waals surface area (Å²) in [6.45, 7) is 0.0296. The fraction of sp³-hybridized carbons (Fsp3) is 0.0833. The number of hydrogen-bond acceptors (Lipinski definition) is 3. The summed E-state index contributed by atoms with van der Waals surface area (Å²) >= 11 is 6.21. The molecule has 4 rings (SSSR count). The van der Waals surface area contributed by atoms with Gasteiger partial charge in [-0.1, -0.05) is 54.1 Å². The highest BCUT2D eigenvalue weighted by Gasteiger charge is 2.31. The Bertz CT molecular complexity index is 1160. The highest BCUT2D eigenvalue weighted by Crippen LogP contribution is 2.35. The van der Waals surface area contributed by atoms with Gasteiger partial charge in [-0.3, -0.25) is 14.5 Å². The Hall–Kier alpha value is -3.64. The van der Waals surface area contributed by atoms with E-state index in [1.807, 2.05) is 0 Å². The Morgan fingerprint density at radius 1 is 1.03 bits per heavy atom. The van der Waals surface area contributed by atoms with E-state index in [0.717, 1.165) is 5.56 Å². The highest BCUT2D eigenvalue weighted by molar-refractivity contribution is 6.32. The van der Waals surface area contributed by atoms with Crippen LogP contribution >= 0.6 is 11.6 Å². The maximum atomic E-state index is 13.1. The maximum absolute atomic E-state index is 13.1. The number of ether oxygens (including phenoxy) is 1. The molecule has 3 aromatic carbocycles. The molecule has 1 N–H and O–H groups in total. The minimum Gasteiger partial charge on any atom is -0.449 e. The summed E-state index contributed by atoms with van der Waals surface area (Å²) in [5, 5.41) is 3.23. The molecule has 3 aromatic rings. The van der Waals surface area contributed by atoms with E-state index >= 15 is 0 Å². The number of hydrogen-bond donors (Lipinski definition) is 1. The van der Waals surface area contributed by atoms with Crippen LogP contribution < -0.4 is 15.0 Å². The Labute approximate surface area is 183 Å². The van der Waals surface area contributed by atoms with E-state index < -0.39 is 5.91 Å². The van der Waals surface area contributed by atoms with Crippen LogP contribution in [0.15, 0.2) is 78.6 Å². The fourth-order valence-corrected chi connectivity index (χ4v) is 3.35. The average Bonchev–Trinajstić information content (AvgIpc) is 2.77. The Morgan fingerprint density at radius 3 is 2.52 bits per heavy atom. The van der Waals surface area contributed by atoms with Crippen molar-refractivity contribution in [1.82, 2.24) is 5.32 Å². The van der Waals surface area contributed by atoms with Crippen LogP contribution in [0.4, 0.5) is 10.1 Å². The molecule has 0 unspecified atom stereocenters. The lowest BCUT2D eigenvalue weighted by atomic mass is 10.1. The molecule has 0 fully saturated rings. The zero-order valence-corrected chi connectivity index (χ0v) is 17.1. The van der Waals surface area contributed by atoms with Crippen molar-refractivity contribution in [3.63, 3.8) is 0 Å². The van der Waals surface area contributed by atoms with Gasteiger partial charge in [0, 0.05) is 11.6 Å². The van der Waals surface area contributed by atoms with Crippen molar-refractivity contribution < 1.29 is 18.7 Å². The largest absolute Gasteiger partial charge is 0.449 e. The molecule has 1 aliphatic heterocycles. The first kappa shape index (κ1) is 20.6. The minimum atomic E-state index is -0.449. The normalized spacial score (nSPS) is 14.2. The molecule has 0 aliphatic carbocycles. The van der Waals surface area contributed by atoms with E-state index in [9.17, 15) is 14.0 Å². The molecule has 31 heavy (non-hydrogen) atoms. The minimum absolute atomic E-state index is 0.0677. The number of amides is 2. The summed E-state index contributed by atoms with van der Waals surface area (Å²) in [6, 6.07) is 19.9. The van der Waals surface area contributed by atoms with Crippen molar-refractivity contribution in [2.24, 2.45) is 0 Å². The number of nitrogens with zero attached hydrogens (tertiary/aromatic N) is 1. The second-order valence-electron chi connectivity index (χ2n) is 6.89. The van der Waals surface area contributed by atoms with E-state index in [1.54, 1.807) is 66.7 Å². The smallest absolute Gasteiger partial charge is 0.294 e. The summed E-state index contributed by atoms with van der Waals surface area (Å²) < 4.78 is 18.8. The van der Waals surface area contributed by atoms with Gasteiger partial charge >= 0.3 is 0 Å². The zero-order chi connectivity index (χ0) is 21.8. The highest BCUT2D eigenvalue weighted by atomic mass is 35.5. The Kier molecular flexibility index (Phi) is 6.00. The van der Waals surface area contributed by atoms with Gasteiger partial charge in [-0.25, -0.2) is 4.39 Å². The molecule has 0 bridgehead atoms. The SMILES string of the molecule is O=C(CN1C(=O)C(=Cc2ccccc2Cl)Oc2ccccc21)NCc1ccc(F)cc1. The quantitative estimate of drug-likeness (QED) is 0.596. The van der Waals surface area contributed by atoms with Gasteiger partial charge in [-0.2, -0.15) is 0 Å². The number of fused-ring (bicyclic) bond motifs is 1. The molecule has 0 aromatic heterocycles. The van der Waals surface area contributed by atoms with Gasteiger partial charge in [-0.05, 0) is 47.5 Å². The maximum Gasteiger partial charge on any atom is 0.294 e. The number of nitrogens with one attached hydrogen (secondary N) is 1. The predicted molar refractivity (Wildman–Crippen MR) is 117 cm³/mol. The molecular formula is C24H18ClFN2O3. The van der Waals surface area contributed by atoms with E-state index in [2.05, 4.69) is 5.32 Å². The van der Waals surface area contributed by atoms with Gasteiger partial charge < -0.3 is 10.1 Å². The monoisotopic (exact) mass is 436 g/mol. The van der Waals surface area contributed by atoms with Gasteiger partial charge in [0.15, 0.2) is 11.5 Å². The summed E-state index contributed by atoms with van der Waals surface area (Å²) in [5.74, 6) is -0.615. The van der Waals surface area contributed by atoms with Gasteiger partial charge in [-0.15, -0.1) is 0 Å². The van der Waals surface area contributed by atoms with E-state index in [1.165, 1.54) is 17.0 Å². The van der Waals surface area contributed by atoms with Crippen molar-refractivity contribution in [1.29, 1.82) is 0 Å². The van der Waals surface area contributed by atoms with Crippen LogP contribution in [0, 0.1) is 5.82 Å². The summed E-state index contributed by atoms with van der Waals surface area (Å²) in [7, 11) is 0. The third kappa shape index (κ3) is 4.75. The van der Waals surface area contributed by atoms with Crippen molar-refractivity contribution in [2.45, 2.75) is 6.54 Å². The van der Waals surface area contributed by atoms with Gasteiger partial charge in [0.2, 0.25) is 5.91 Å². The second kappa shape index (κ2) is 9.02. The van der Waals surface area contributed by atoms with Crippen LogP contribution in [0.5, 0.6) is 5.75 Å². The van der Waals surface area contributed by atoms with Crippen LogP contribution in [0.3, 0.4) is 0 Å². The van der Waals surface area contributed by atoms with E-state index in [0.29, 0.717) is 22.0 Å². The Balaban J connectivity index is 1.55. The first-order valence-electron chi connectivity index (χ1n) is 9.57. The lowest BCUT2D eigenvalue weighted by Gasteiger charge is -2.30. The number of para-hydroxylation sites is 2. The van der Waals surface area contributed by atoms with Crippen molar-refractivity contribution in [3.05, 3.63) is 101 Å². The number of benzene rings is 3. The molecule has 2 amide bonds. The molecule has 1 aliphatic rings. The second-order valence-corrected chi connectivity index (χ2v) is 7.30. The third-order valence-corrected chi connectivity index (χ3v) is 5.07. The molecule has 1 heterocycles. The lowest BCUT2D eigenvalue weighted by Crippen LogP contribution is -2.44. The van der Waals surface area contributed by atoms with Crippen molar-refractivity contribution in [2.75, 3.05) is 11.4 Å². The molecule has 0 saturated carbocycles. The van der Waals surface area contributed by atoms with E-state index in [-0.39, 0.29) is 30.6 Å². The van der Waals surface area contributed by atoms with Crippen LogP contribution in [-0.4, -0.2) is 18.4 Å². The van der Waals surface area contributed by atoms with Gasteiger partial charge in [0.1, 0.15) is 12.4 Å². The molecule has 5 nitrogen and oxygen atoms in total. The number of rotatable bonds is 5. The number of anilines is 1. The van der Waals surface area contributed by atoms with Crippen LogP contribution in [0.1, 0.15) is 11.1 Å². The van der Waals surface area contributed by atoms with Crippen LogP contribution in [0.25, 0.3) is 6.08 Å². The van der Waals surface area contributed by atoms with Crippen molar-refractivity contribution in [3.8, 4) is 5.75 Å².